The maximum atomic E-state index is 13.5. The van der Waals surface area contributed by atoms with Crippen LogP contribution in [0.4, 0.5) is 0 Å². The number of allylic oxidation sites excluding steroid dienone is 3. The van der Waals surface area contributed by atoms with Crippen LogP contribution >= 0.6 is 0 Å². The van der Waals surface area contributed by atoms with Gasteiger partial charge < -0.3 is 4.74 Å². The standard InChI is InChI=1S/C24H33N3O2/c1-8-11-13-20(10-3)17-21-22(14-12-9-2)26-23(18(4)5)27(24(21)28)19(6)25-15-16-29-7/h1,10,13,15,18H,3,6,9,11-12,14,16-17H2,2,4-5,7H3/b20-13+,25-15-. The van der Waals surface area contributed by atoms with E-state index in [1.54, 1.807) is 19.4 Å². The Morgan fingerprint density at radius 2 is 2.17 bits per heavy atom. The highest BCUT2D eigenvalue weighted by atomic mass is 16.5. The molecule has 0 saturated carbocycles. The molecule has 5 heteroatoms. The van der Waals surface area contributed by atoms with E-state index in [0.29, 0.717) is 36.7 Å². The second-order valence-corrected chi connectivity index (χ2v) is 7.05. The predicted octanol–water partition coefficient (Wildman–Crippen LogP) is 4.53. The van der Waals surface area contributed by atoms with Crippen LogP contribution in [0.2, 0.25) is 0 Å². The number of ether oxygens (including phenoxy) is 1. The molecule has 0 radical (unpaired) electrons. The molecular formula is C24H33N3O2. The molecule has 0 fully saturated rings. The van der Waals surface area contributed by atoms with Crippen molar-refractivity contribution < 1.29 is 4.74 Å². The number of aliphatic imine (C=N–C) groups is 1. The summed E-state index contributed by atoms with van der Waals surface area (Å²) >= 11 is 0. The number of aryl methyl sites for hydroxylation is 1. The molecular weight excluding hydrogens is 362 g/mol. The summed E-state index contributed by atoms with van der Waals surface area (Å²) in [6, 6.07) is 0. The van der Waals surface area contributed by atoms with Gasteiger partial charge in [-0.3, -0.25) is 4.79 Å². The summed E-state index contributed by atoms with van der Waals surface area (Å²) in [5, 5.41) is 0. The molecule has 1 rings (SSSR count). The summed E-state index contributed by atoms with van der Waals surface area (Å²) in [6.07, 6.45) is 14.3. The Hall–Kier alpha value is -2.71. The fraction of sp³-hybridized carbons (Fsp3) is 0.458. The molecule has 0 spiro atoms. The van der Waals surface area contributed by atoms with E-state index in [2.05, 4.69) is 31.0 Å². The van der Waals surface area contributed by atoms with Crippen molar-refractivity contribution in [3.05, 3.63) is 58.3 Å². The number of rotatable bonds is 12. The predicted molar refractivity (Wildman–Crippen MR) is 122 cm³/mol. The Bertz CT molecular complexity index is 867. The SMILES string of the molecule is C#CC/C=C(\C=C)Cc1c(CCCC)nc(C(C)C)n(C(=C)/N=C\COC)c1=O. The van der Waals surface area contributed by atoms with E-state index in [-0.39, 0.29) is 11.5 Å². The summed E-state index contributed by atoms with van der Waals surface area (Å²) in [4.78, 5) is 22.7. The van der Waals surface area contributed by atoms with Crippen molar-refractivity contribution in [1.82, 2.24) is 9.55 Å². The zero-order valence-electron chi connectivity index (χ0n) is 18.2. The van der Waals surface area contributed by atoms with Crippen molar-refractivity contribution in [3.63, 3.8) is 0 Å². The average molecular weight is 396 g/mol. The van der Waals surface area contributed by atoms with Gasteiger partial charge >= 0.3 is 0 Å². The zero-order chi connectivity index (χ0) is 21.8. The van der Waals surface area contributed by atoms with Crippen LogP contribution in [0.15, 0.2) is 40.7 Å². The van der Waals surface area contributed by atoms with Gasteiger partial charge in [-0.15, -0.1) is 12.3 Å². The maximum Gasteiger partial charge on any atom is 0.263 e. The van der Waals surface area contributed by atoms with E-state index in [1.807, 2.05) is 19.9 Å². The highest BCUT2D eigenvalue weighted by molar-refractivity contribution is 5.66. The molecule has 0 saturated heterocycles. The van der Waals surface area contributed by atoms with Crippen molar-refractivity contribution in [1.29, 1.82) is 0 Å². The van der Waals surface area contributed by atoms with Crippen molar-refractivity contribution in [2.75, 3.05) is 13.7 Å². The molecule has 0 aliphatic heterocycles. The number of hydrogen-bond donors (Lipinski definition) is 0. The maximum absolute atomic E-state index is 13.5. The first-order chi connectivity index (χ1) is 13.9. The summed E-state index contributed by atoms with van der Waals surface area (Å²) < 4.78 is 6.52. The lowest BCUT2D eigenvalue weighted by Crippen LogP contribution is -2.30. The molecule has 0 aliphatic rings. The summed E-state index contributed by atoms with van der Waals surface area (Å²) in [6.45, 7) is 14.3. The molecule has 0 atom stereocenters. The smallest absolute Gasteiger partial charge is 0.263 e. The first-order valence-electron chi connectivity index (χ1n) is 10.0. The Balaban J connectivity index is 3.63. The van der Waals surface area contributed by atoms with Crippen LogP contribution in [0.25, 0.3) is 5.82 Å². The van der Waals surface area contributed by atoms with Gasteiger partial charge in [-0.2, -0.15) is 0 Å². The van der Waals surface area contributed by atoms with Crippen LogP contribution in [0.5, 0.6) is 0 Å². The average Bonchev–Trinajstić information content (AvgIpc) is 2.70. The van der Waals surface area contributed by atoms with Gasteiger partial charge in [0, 0.05) is 37.6 Å². The van der Waals surface area contributed by atoms with Crippen molar-refractivity contribution in [3.8, 4) is 12.3 Å². The lowest BCUT2D eigenvalue weighted by Gasteiger charge is -2.19. The van der Waals surface area contributed by atoms with Gasteiger partial charge in [-0.05, 0) is 18.4 Å². The third kappa shape index (κ3) is 6.99. The van der Waals surface area contributed by atoms with Crippen LogP contribution < -0.4 is 5.56 Å². The molecule has 1 aromatic heterocycles. The quantitative estimate of drug-likeness (QED) is 0.297. The molecule has 0 aliphatic carbocycles. The Labute approximate surface area is 174 Å². The molecule has 1 aromatic rings. The lowest BCUT2D eigenvalue weighted by atomic mass is 10.00. The third-order valence-electron chi connectivity index (χ3n) is 4.44. The normalized spacial score (nSPS) is 11.8. The first-order valence-corrected chi connectivity index (χ1v) is 10.0. The van der Waals surface area contributed by atoms with E-state index in [0.717, 1.165) is 30.5 Å². The first kappa shape index (κ1) is 24.3. The van der Waals surface area contributed by atoms with Crippen molar-refractivity contribution >= 4 is 12.0 Å². The Kier molecular flexibility index (Phi) is 10.6. The number of aromatic nitrogens is 2. The van der Waals surface area contributed by atoms with E-state index in [4.69, 9.17) is 16.1 Å². The van der Waals surface area contributed by atoms with Gasteiger partial charge in [0.2, 0.25) is 0 Å². The highest BCUT2D eigenvalue weighted by Crippen LogP contribution is 2.20. The summed E-state index contributed by atoms with van der Waals surface area (Å²) in [5.74, 6) is 3.64. The molecule has 0 amide bonds. The number of unbranched alkanes of at least 4 members (excludes halogenated alkanes) is 1. The Morgan fingerprint density at radius 1 is 1.45 bits per heavy atom. The van der Waals surface area contributed by atoms with E-state index in [1.165, 1.54) is 4.57 Å². The van der Waals surface area contributed by atoms with Crippen LogP contribution in [0.3, 0.4) is 0 Å². The van der Waals surface area contributed by atoms with Crippen molar-refractivity contribution in [2.24, 2.45) is 4.99 Å². The molecule has 5 nitrogen and oxygen atoms in total. The molecule has 0 N–H and O–H groups in total. The minimum absolute atomic E-state index is 0.0439. The number of nitrogens with zero attached hydrogens (tertiary/aromatic N) is 3. The van der Waals surface area contributed by atoms with Gasteiger partial charge in [0.1, 0.15) is 11.6 Å². The molecule has 1 heterocycles. The fourth-order valence-corrected chi connectivity index (χ4v) is 2.88. The number of hydrogen-bond acceptors (Lipinski definition) is 4. The summed E-state index contributed by atoms with van der Waals surface area (Å²) in [5.41, 5.74) is 2.26. The van der Waals surface area contributed by atoms with E-state index in [9.17, 15) is 4.79 Å². The molecule has 0 aromatic carbocycles. The molecule has 29 heavy (non-hydrogen) atoms. The van der Waals surface area contributed by atoms with Crippen LogP contribution in [-0.2, 0) is 17.6 Å². The monoisotopic (exact) mass is 395 g/mol. The van der Waals surface area contributed by atoms with Gasteiger partial charge in [0.15, 0.2) is 0 Å². The minimum Gasteiger partial charge on any atom is -0.379 e. The van der Waals surface area contributed by atoms with Gasteiger partial charge in [-0.1, -0.05) is 52.5 Å². The second kappa shape index (κ2) is 12.7. The van der Waals surface area contributed by atoms with Gasteiger partial charge in [0.25, 0.3) is 5.56 Å². The number of terminal acetylenes is 1. The molecule has 156 valence electrons. The zero-order valence-corrected chi connectivity index (χ0v) is 18.2. The lowest BCUT2D eigenvalue weighted by molar-refractivity contribution is 0.248. The van der Waals surface area contributed by atoms with Crippen LogP contribution in [0.1, 0.15) is 63.0 Å². The van der Waals surface area contributed by atoms with E-state index < -0.39 is 0 Å². The van der Waals surface area contributed by atoms with Gasteiger partial charge in [0.05, 0.1) is 12.3 Å². The fourth-order valence-electron chi connectivity index (χ4n) is 2.88. The van der Waals surface area contributed by atoms with E-state index >= 15 is 0 Å². The van der Waals surface area contributed by atoms with Crippen LogP contribution in [0, 0.1) is 12.3 Å². The van der Waals surface area contributed by atoms with Crippen molar-refractivity contribution in [2.45, 2.75) is 58.8 Å². The minimum atomic E-state index is -0.136. The third-order valence-corrected chi connectivity index (χ3v) is 4.44. The largest absolute Gasteiger partial charge is 0.379 e. The Morgan fingerprint density at radius 3 is 2.72 bits per heavy atom. The van der Waals surface area contributed by atoms with Gasteiger partial charge in [-0.25, -0.2) is 14.5 Å². The number of methoxy groups -OCH3 is 1. The topological polar surface area (TPSA) is 56.5 Å². The summed E-state index contributed by atoms with van der Waals surface area (Å²) in [7, 11) is 1.59. The highest BCUT2D eigenvalue weighted by Gasteiger charge is 2.20. The van der Waals surface area contributed by atoms with Crippen LogP contribution in [-0.4, -0.2) is 29.5 Å². The second-order valence-electron chi connectivity index (χ2n) is 7.05. The molecule has 0 bridgehead atoms. The molecule has 0 unspecified atom stereocenters.